The van der Waals surface area contributed by atoms with E-state index in [4.69, 9.17) is 5.73 Å². The fourth-order valence-electron chi connectivity index (χ4n) is 2.76. The predicted octanol–water partition coefficient (Wildman–Crippen LogP) is 3.58. The van der Waals surface area contributed by atoms with Gasteiger partial charge >= 0.3 is 0 Å². The van der Waals surface area contributed by atoms with E-state index in [1.54, 1.807) is 12.1 Å². The molecule has 1 aliphatic rings. The van der Waals surface area contributed by atoms with E-state index in [0.29, 0.717) is 5.92 Å². The second kappa shape index (κ2) is 4.54. The summed E-state index contributed by atoms with van der Waals surface area (Å²) in [5.41, 5.74) is 6.96. The summed E-state index contributed by atoms with van der Waals surface area (Å²) in [7, 11) is 0. The molecule has 1 atom stereocenters. The van der Waals surface area contributed by atoms with Gasteiger partial charge in [0, 0.05) is 5.54 Å². The quantitative estimate of drug-likeness (QED) is 0.811. The third kappa shape index (κ3) is 2.27. The normalized spacial score (nSPS) is 21.7. The lowest BCUT2D eigenvalue weighted by molar-refractivity contribution is 0.224. The number of nitrogens with two attached hydrogens (primary N) is 1. The van der Waals surface area contributed by atoms with Crippen LogP contribution in [-0.2, 0) is 5.54 Å². The number of benzene rings is 1. The molecule has 1 aromatic carbocycles. The molecule has 0 heterocycles. The fraction of sp³-hybridized carbons (Fsp3) is 0.571. The lowest BCUT2D eigenvalue weighted by atomic mass is 9.73. The number of hydrogen-bond acceptors (Lipinski definition) is 1. The predicted molar refractivity (Wildman–Crippen MR) is 64.5 cm³/mol. The van der Waals surface area contributed by atoms with E-state index in [1.807, 2.05) is 13.0 Å². The molecule has 2 heteroatoms. The van der Waals surface area contributed by atoms with Crippen molar-refractivity contribution in [3.05, 3.63) is 35.6 Å². The van der Waals surface area contributed by atoms with Gasteiger partial charge in [0.15, 0.2) is 0 Å². The number of hydrogen-bond donors (Lipinski definition) is 1. The first-order valence-electron chi connectivity index (χ1n) is 6.15. The topological polar surface area (TPSA) is 26.0 Å². The highest BCUT2D eigenvalue weighted by Crippen LogP contribution is 2.37. The van der Waals surface area contributed by atoms with Crippen LogP contribution in [0.4, 0.5) is 4.39 Å². The molecule has 1 unspecified atom stereocenters. The lowest BCUT2D eigenvalue weighted by Crippen LogP contribution is -2.42. The summed E-state index contributed by atoms with van der Waals surface area (Å²) in [4.78, 5) is 0. The van der Waals surface area contributed by atoms with Gasteiger partial charge in [-0.2, -0.15) is 0 Å². The second-order valence-corrected chi connectivity index (χ2v) is 5.13. The lowest BCUT2D eigenvalue weighted by Gasteiger charge is -2.37. The van der Waals surface area contributed by atoms with E-state index in [1.165, 1.54) is 38.2 Å². The number of halogens is 1. The Kier molecular flexibility index (Phi) is 3.29. The van der Waals surface area contributed by atoms with Crippen molar-refractivity contribution in [1.82, 2.24) is 0 Å². The first-order valence-corrected chi connectivity index (χ1v) is 6.15. The number of rotatable bonds is 2. The molecule has 0 spiro atoms. The van der Waals surface area contributed by atoms with E-state index in [-0.39, 0.29) is 11.4 Å². The van der Waals surface area contributed by atoms with Crippen molar-refractivity contribution in [1.29, 1.82) is 0 Å². The van der Waals surface area contributed by atoms with Crippen LogP contribution in [-0.4, -0.2) is 0 Å². The van der Waals surface area contributed by atoms with Gasteiger partial charge in [-0.3, -0.25) is 0 Å². The highest BCUT2D eigenvalue weighted by Gasteiger charge is 2.32. The average Bonchev–Trinajstić information content (AvgIpc) is 2.30. The first-order chi connectivity index (χ1) is 7.60. The van der Waals surface area contributed by atoms with E-state index < -0.39 is 0 Å². The van der Waals surface area contributed by atoms with Crippen LogP contribution >= 0.6 is 0 Å². The first kappa shape index (κ1) is 11.6. The third-order valence-corrected chi connectivity index (χ3v) is 3.90. The summed E-state index contributed by atoms with van der Waals surface area (Å²) < 4.78 is 13.2. The Morgan fingerprint density at radius 3 is 2.56 bits per heavy atom. The molecule has 2 N–H and O–H groups in total. The van der Waals surface area contributed by atoms with Gasteiger partial charge in [0.2, 0.25) is 0 Å². The Labute approximate surface area is 96.9 Å². The van der Waals surface area contributed by atoms with Crippen LogP contribution in [0.3, 0.4) is 0 Å². The summed E-state index contributed by atoms with van der Waals surface area (Å²) >= 11 is 0. The zero-order chi connectivity index (χ0) is 11.6. The van der Waals surface area contributed by atoms with Gasteiger partial charge in [0.1, 0.15) is 5.82 Å². The Hall–Kier alpha value is -0.890. The molecule has 0 saturated heterocycles. The minimum atomic E-state index is -0.386. The molecule has 0 amide bonds. The van der Waals surface area contributed by atoms with Gasteiger partial charge < -0.3 is 5.73 Å². The van der Waals surface area contributed by atoms with E-state index in [2.05, 4.69) is 0 Å². The summed E-state index contributed by atoms with van der Waals surface area (Å²) in [6.45, 7) is 2.04. The molecule has 16 heavy (non-hydrogen) atoms. The minimum Gasteiger partial charge on any atom is -0.321 e. The van der Waals surface area contributed by atoms with Gasteiger partial charge in [-0.25, -0.2) is 4.39 Å². The Bertz CT molecular complexity index is 354. The van der Waals surface area contributed by atoms with Gasteiger partial charge in [-0.15, -0.1) is 0 Å². The van der Waals surface area contributed by atoms with Crippen LogP contribution < -0.4 is 5.73 Å². The van der Waals surface area contributed by atoms with Gasteiger partial charge in [-0.05, 0) is 43.4 Å². The van der Waals surface area contributed by atoms with Crippen LogP contribution in [0.1, 0.15) is 44.6 Å². The molecule has 1 saturated carbocycles. The maximum Gasteiger partial charge on any atom is 0.123 e. The average molecular weight is 221 g/mol. The summed E-state index contributed by atoms with van der Waals surface area (Å²) in [5.74, 6) is 0.299. The van der Waals surface area contributed by atoms with Crippen molar-refractivity contribution in [2.75, 3.05) is 0 Å². The van der Waals surface area contributed by atoms with Crippen molar-refractivity contribution >= 4 is 0 Å². The molecular formula is C14H20FN. The smallest absolute Gasteiger partial charge is 0.123 e. The summed E-state index contributed by atoms with van der Waals surface area (Å²) in [6, 6.07) is 6.74. The van der Waals surface area contributed by atoms with Crippen molar-refractivity contribution < 1.29 is 4.39 Å². The molecule has 1 aliphatic carbocycles. The standard InChI is InChI=1S/C14H20FN/c1-14(16,11-6-3-2-4-7-11)12-8-5-9-13(15)10-12/h5,8-11H,2-4,6-7,16H2,1H3. The molecule has 1 nitrogen and oxygen atoms in total. The van der Waals surface area contributed by atoms with E-state index >= 15 is 0 Å². The van der Waals surface area contributed by atoms with Crippen LogP contribution in [0, 0.1) is 11.7 Å². The maximum atomic E-state index is 13.2. The van der Waals surface area contributed by atoms with Crippen molar-refractivity contribution in [2.45, 2.75) is 44.6 Å². The van der Waals surface area contributed by atoms with Gasteiger partial charge in [-0.1, -0.05) is 31.4 Å². The van der Waals surface area contributed by atoms with Crippen LogP contribution in [0.15, 0.2) is 24.3 Å². The molecular weight excluding hydrogens is 201 g/mol. The highest BCUT2D eigenvalue weighted by molar-refractivity contribution is 5.25. The molecule has 0 aromatic heterocycles. The second-order valence-electron chi connectivity index (χ2n) is 5.13. The zero-order valence-corrected chi connectivity index (χ0v) is 9.88. The zero-order valence-electron chi connectivity index (χ0n) is 9.88. The van der Waals surface area contributed by atoms with Crippen LogP contribution in [0.5, 0.6) is 0 Å². The van der Waals surface area contributed by atoms with E-state index in [9.17, 15) is 4.39 Å². The van der Waals surface area contributed by atoms with Crippen molar-refractivity contribution in [3.63, 3.8) is 0 Å². The molecule has 2 rings (SSSR count). The minimum absolute atomic E-state index is 0.190. The summed E-state index contributed by atoms with van der Waals surface area (Å²) in [6.07, 6.45) is 6.17. The summed E-state index contributed by atoms with van der Waals surface area (Å²) in [5, 5.41) is 0. The monoisotopic (exact) mass is 221 g/mol. The molecule has 1 aromatic rings. The van der Waals surface area contributed by atoms with Crippen LogP contribution in [0.25, 0.3) is 0 Å². The van der Waals surface area contributed by atoms with Crippen molar-refractivity contribution in [2.24, 2.45) is 11.7 Å². The Balaban J connectivity index is 2.22. The molecule has 0 aliphatic heterocycles. The maximum absolute atomic E-state index is 13.2. The molecule has 1 fully saturated rings. The SMILES string of the molecule is CC(N)(c1cccc(F)c1)C1CCCCC1. The highest BCUT2D eigenvalue weighted by atomic mass is 19.1. The van der Waals surface area contributed by atoms with Crippen molar-refractivity contribution in [3.8, 4) is 0 Å². The Morgan fingerprint density at radius 2 is 1.94 bits per heavy atom. The van der Waals surface area contributed by atoms with E-state index in [0.717, 1.165) is 5.56 Å². The largest absolute Gasteiger partial charge is 0.321 e. The molecule has 0 bridgehead atoms. The Morgan fingerprint density at radius 1 is 1.25 bits per heavy atom. The van der Waals surface area contributed by atoms with Gasteiger partial charge in [0.05, 0.1) is 0 Å². The molecule has 88 valence electrons. The third-order valence-electron chi connectivity index (χ3n) is 3.90. The van der Waals surface area contributed by atoms with Crippen LogP contribution in [0.2, 0.25) is 0 Å². The fourth-order valence-corrected chi connectivity index (χ4v) is 2.76. The van der Waals surface area contributed by atoms with Gasteiger partial charge in [0.25, 0.3) is 0 Å². The molecule has 0 radical (unpaired) electrons.